The summed E-state index contributed by atoms with van der Waals surface area (Å²) in [5.41, 5.74) is 3.13. The second kappa shape index (κ2) is 6.84. The molecular weight excluding hydrogens is 310 g/mol. The van der Waals surface area contributed by atoms with Crippen molar-refractivity contribution in [3.63, 3.8) is 0 Å². The van der Waals surface area contributed by atoms with Crippen molar-refractivity contribution in [1.29, 1.82) is 0 Å². The van der Waals surface area contributed by atoms with Gasteiger partial charge in [0.15, 0.2) is 11.6 Å². The molecule has 0 radical (unpaired) electrons. The maximum Gasteiger partial charge on any atom is 0.174 e. The standard InChI is InChI=1S/C18H24FN2OP/c1-6-8-14-12(4)20-17(21-14)16-10-9-15(22-16)13(7-2)11(3)18(5,19)23/h7,9-10H,3,6,8,23H2,1-2,4-5H3,(H,20,21)/b13-7+. The average Bonchev–Trinajstić information content (AvgIpc) is 3.07. The van der Waals surface area contributed by atoms with E-state index in [1.165, 1.54) is 6.92 Å². The van der Waals surface area contributed by atoms with Gasteiger partial charge in [-0.05, 0) is 44.9 Å². The summed E-state index contributed by atoms with van der Waals surface area (Å²) in [4.78, 5) is 7.84. The van der Waals surface area contributed by atoms with Crippen LogP contribution in [0.1, 0.15) is 44.3 Å². The Hall–Kier alpha value is -1.67. The van der Waals surface area contributed by atoms with E-state index in [9.17, 15) is 4.39 Å². The van der Waals surface area contributed by atoms with Gasteiger partial charge in [-0.1, -0.05) is 35.2 Å². The minimum absolute atomic E-state index is 0.369. The van der Waals surface area contributed by atoms with E-state index in [-0.39, 0.29) is 0 Å². The number of nitrogens with one attached hydrogen (secondary N) is 1. The molecule has 0 aromatic carbocycles. The zero-order valence-corrected chi connectivity index (χ0v) is 15.3. The molecule has 1 N–H and O–H groups in total. The highest BCUT2D eigenvalue weighted by atomic mass is 31.0. The number of rotatable bonds is 6. The topological polar surface area (TPSA) is 41.8 Å². The molecule has 2 unspecified atom stereocenters. The summed E-state index contributed by atoms with van der Waals surface area (Å²) in [6.45, 7) is 11.3. The van der Waals surface area contributed by atoms with Crippen molar-refractivity contribution in [2.24, 2.45) is 0 Å². The largest absolute Gasteiger partial charge is 0.453 e. The Morgan fingerprint density at radius 2 is 2.22 bits per heavy atom. The molecule has 0 saturated carbocycles. The molecular formula is C18H24FN2OP. The van der Waals surface area contributed by atoms with Gasteiger partial charge in [0.2, 0.25) is 0 Å². The van der Waals surface area contributed by atoms with Crippen LogP contribution in [0.3, 0.4) is 0 Å². The Bertz CT molecular complexity index is 735. The van der Waals surface area contributed by atoms with Gasteiger partial charge in [0.25, 0.3) is 0 Å². The van der Waals surface area contributed by atoms with E-state index in [0.29, 0.717) is 28.5 Å². The molecule has 23 heavy (non-hydrogen) atoms. The summed E-state index contributed by atoms with van der Waals surface area (Å²) in [5.74, 6) is 1.93. The molecule has 0 spiro atoms. The van der Waals surface area contributed by atoms with Gasteiger partial charge in [-0.15, -0.1) is 0 Å². The van der Waals surface area contributed by atoms with Crippen molar-refractivity contribution in [2.45, 2.75) is 45.9 Å². The van der Waals surface area contributed by atoms with Crippen LogP contribution in [0.15, 0.2) is 34.8 Å². The lowest BCUT2D eigenvalue weighted by atomic mass is 10.0. The molecule has 5 heteroatoms. The van der Waals surface area contributed by atoms with E-state index in [1.54, 1.807) is 0 Å². The number of nitrogens with zero attached hydrogens (tertiary/aromatic N) is 1. The van der Waals surface area contributed by atoms with E-state index in [0.717, 1.165) is 24.2 Å². The third-order valence-electron chi connectivity index (χ3n) is 3.78. The number of allylic oxidation sites excluding steroid dienone is 3. The number of imidazole rings is 1. The molecule has 0 aliphatic heterocycles. The molecule has 3 nitrogen and oxygen atoms in total. The summed E-state index contributed by atoms with van der Waals surface area (Å²) < 4.78 is 20.0. The quantitative estimate of drug-likeness (QED) is 0.564. The van der Waals surface area contributed by atoms with Gasteiger partial charge in [-0.3, -0.25) is 0 Å². The number of halogens is 1. The third kappa shape index (κ3) is 3.81. The normalized spacial score (nSPS) is 14.8. The first-order valence-electron chi connectivity index (χ1n) is 7.77. The third-order valence-corrected chi connectivity index (χ3v) is 4.13. The fourth-order valence-electron chi connectivity index (χ4n) is 2.43. The van der Waals surface area contributed by atoms with Crippen LogP contribution in [0.4, 0.5) is 4.39 Å². The molecule has 124 valence electrons. The number of alkyl halides is 1. The highest BCUT2D eigenvalue weighted by Gasteiger charge is 2.25. The van der Waals surface area contributed by atoms with Crippen molar-refractivity contribution >= 4 is 14.8 Å². The SMILES string of the molecule is C=C(/C(=C\C)c1ccc(-c2nc(CCC)c(C)[nH]2)o1)C(C)(F)P. The first-order valence-corrected chi connectivity index (χ1v) is 8.35. The number of H-pyrrole nitrogens is 1. The molecule has 2 rings (SSSR count). The Kier molecular flexibility index (Phi) is 5.26. The average molecular weight is 334 g/mol. The summed E-state index contributed by atoms with van der Waals surface area (Å²) in [5, 5.41) is -1.58. The van der Waals surface area contributed by atoms with Crippen molar-refractivity contribution in [1.82, 2.24) is 9.97 Å². The molecule has 0 amide bonds. The number of aromatic amines is 1. The monoisotopic (exact) mass is 334 g/mol. The second-order valence-electron chi connectivity index (χ2n) is 5.83. The van der Waals surface area contributed by atoms with Crippen LogP contribution < -0.4 is 0 Å². The lowest BCUT2D eigenvalue weighted by molar-refractivity contribution is 0.374. The summed E-state index contributed by atoms with van der Waals surface area (Å²) in [6, 6.07) is 3.67. The van der Waals surface area contributed by atoms with Crippen LogP contribution in [0.2, 0.25) is 0 Å². The molecule has 0 fully saturated rings. The predicted molar refractivity (Wildman–Crippen MR) is 97.0 cm³/mol. The number of aryl methyl sites for hydroxylation is 2. The Morgan fingerprint density at radius 1 is 1.52 bits per heavy atom. The van der Waals surface area contributed by atoms with Crippen LogP contribution in [0.5, 0.6) is 0 Å². The lowest BCUT2D eigenvalue weighted by Crippen LogP contribution is -2.11. The van der Waals surface area contributed by atoms with Gasteiger partial charge in [0.1, 0.15) is 11.2 Å². The fourth-order valence-corrected chi connectivity index (χ4v) is 2.59. The maximum absolute atomic E-state index is 14.1. The summed E-state index contributed by atoms with van der Waals surface area (Å²) in [6.07, 6.45) is 3.78. The molecule has 0 aliphatic carbocycles. The van der Waals surface area contributed by atoms with Gasteiger partial charge in [0.05, 0.1) is 5.69 Å². The molecule has 0 saturated heterocycles. The van der Waals surface area contributed by atoms with Crippen LogP contribution in [-0.2, 0) is 6.42 Å². The predicted octanol–water partition coefficient (Wildman–Crippen LogP) is 5.45. The zero-order valence-electron chi connectivity index (χ0n) is 14.2. The molecule has 0 aliphatic rings. The highest BCUT2D eigenvalue weighted by molar-refractivity contribution is 7.19. The van der Waals surface area contributed by atoms with Gasteiger partial charge < -0.3 is 9.40 Å². The first-order chi connectivity index (χ1) is 10.8. The van der Waals surface area contributed by atoms with E-state index >= 15 is 0 Å². The van der Waals surface area contributed by atoms with Crippen molar-refractivity contribution in [3.05, 3.63) is 47.5 Å². The van der Waals surface area contributed by atoms with Crippen molar-refractivity contribution in [2.75, 3.05) is 0 Å². The molecule has 2 aromatic rings. The number of hydrogen-bond donors (Lipinski definition) is 1. The Morgan fingerprint density at radius 3 is 2.78 bits per heavy atom. The number of furan rings is 1. The van der Waals surface area contributed by atoms with Crippen LogP contribution >= 0.6 is 9.24 Å². The van der Waals surface area contributed by atoms with E-state index in [1.807, 2.05) is 32.1 Å². The van der Waals surface area contributed by atoms with Crippen molar-refractivity contribution < 1.29 is 8.81 Å². The van der Waals surface area contributed by atoms with Crippen molar-refractivity contribution in [3.8, 4) is 11.6 Å². The van der Waals surface area contributed by atoms with E-state index < -0.39 is 5.41 Å². The Balaban J connectivity index is 2.33. The number of hydrogen-bond acceptors (Lipinski definition) is 2. The first kappa shape index (κ1) is 17.7. The van der Waals surface area contributed by atoms with Crippen LogP contribution in [-0.4, -0.2) is 15.4 Å². The van der Waals surface area contributed by atoms with E-state index in [4.69, 9.17) is 4.42 Å². The summed E-state index contributed by atoms with van der Waals surface area (Å²) in [7, 11) is 2.16. The summed E-state index contributed by atoms with van der Waals surface area (Å²) >= 11 is 0. The van der Waals surface area contributed by atoms with Gasteiger partial charge >= 0.3 is 0 Å². The van der Waals surface area contributed by atoms with Gasteiger partial charge in [-0.25, -0.2) is 9.37 Å². The van der Waals surface area contributed by atoms with E-state index in [2.05, 4.69) is 32.7 Å². The maximum atomic E-state index is 14.1. The fraction of sp³-hybridized carbons (Fsp3) is 0.389. The molecule has 2 atom stereocenters. The smallest absolute Gasteiger partial charge is 0.174 e. The molecule has 2 aromatic heterocycles. The van der Waals surface area contributed by atoms with Crippen LogP contribution in [0, 0.1) is 6.92 Å². The van der Waals surface area contributed by atoms with Gasteiger partial charge in [-0.2, -0.15) is 0 Å². The second-order valence-corrected chi connectivity index (χ2v) is 6.91. The van der Waals surface area contributed by atoms with Gasteiger partial charge in [0, 0.05) is 11.3 Å². The number of aromatic nitrogens is 2. The Labute approximate surface area is 139 Å². The lowest BCUT2D eigenvalue weighted by Gasteiger charge is -2.18. The van der Waals surface area contributed by atoms with Crippen LogP contribution in [0.25, 0.3) is 17.2 Å². The minimum atomic E-state index is -1.58. The zero-order chi connectivity index (χ0) is 17.2. The molecule has 0 bridgehead atoms. The highest BCUT2D eigenvalue weighted by Crippen LogP contribution is 2.38. The molecule has 2 heterocycles. The minimum Gasteiger partial charge on any atom is -0.453 e.